The summed E-state index contributed by atoms with van der Waals surface area (Å²) in [5.74, 6) is -0.987. The lowest BCUT2D eigenvalue weighted by Crippen LogP contribution is -2.27. The lowest BCUT2D eigenvalue weighted by molar-refractivity contribution is 0.0944. The van der Waals surface area contributed by atoms with Gasteiger partial charge in [0.1, 0.15) is 31.4 Å². The molecule has 0 aliphatic carbocycles. The number of tetrazole rings is 1. The number of rotatable bonds is 6. The Kier molecular flexibility index (Phi) is 5.45. The first-order valence-corrected chi connectivity index (χ1v) is 7.88. The van der Waals surface area contributed by atoms with Gasteiger partial charge in [-0.25, -0.2) is 14.4 Å². The molecule has 1 aromatic carbocycles. The number of benzene rings is 1. The zero-order valence-corrected chi connectivity index (χ0v) is 14.2. The van der Waals surface area contributed by atoms with Crippen LogP contribution in [0.5, 0.6) is 0 Å². The van der Waals surface area contributed by atoms with E-state index >= 15 is 0 Å². The summed E-state index contributed by atoms with van der Waals surface area (Å²) in [5, 5.41) is 18.3. The predicted molar refractivity (Wildman–Crippen MR) is 93.1 cm³/mol. The molecule has 3 rings (SSSR count). The van der Waals surface area contributed by atoms with Crippen LogP contribution < -0.4 is 16.1 Å². The highest BCUT2D eigenvalue weighted by Crippen LogP contribution is 2.02. The summed E-state index contributed by atoms with van der Waals surface area (Å²) < 4.78 is 13.3. The summed E-state index contributed by atoms with van der Waals surface area (Å²) in [6, 6.07) is 5.84. The van der Waals surface area contributed by atoms with Crippen LogP contribution >= 0.6 is 0 Å². The molecule has 0 aliphatic heterocycles. The Morgan fingerprint density at radius 2 is 1.78 bits per heavy atom. The molecule has 0 fully saturated rings. The molecule has 10 nitrogen and oxygen atoms in total. The number of amides is 2. The maximum atomic E-state index is 13.3. The minimum absolute atomic E-state index is 0.0243. The standard InChI is InChI=1S/C15H14BFN8O2/c16-9-3-8(1-2-10(9)17)5-18-14(26)11-4-12(21-7-20-11)15(27)19-6-13-22-24-25-23-13/h1-4,7H,5-6,16H2,(H,18,26)(H,19,27)(H,22,23,24,25). The number of aromatic amines is 1. The number of carbonyl (C=O) groups is 2. The third-order valence-corrected chi connectivity index (χ3v) is 3.60. The molecule has 0 aliphatic rings. The number of halogens is 1. The van der Waals surface area contributed by atoms with Crippen molar-refractivity contribution >= 4 is 25.1 Å². The van der Waals surface area contributed by atoms with Crippen LogP contribution in [-0.2, 0) is 13.1 Å². The fourth-order valence-electron chi connectivity index (χ4n) is 2.20. The van der Waals surface area contributed by atoms with Crippen LogP contribution in [0.2, 0.25) is 0 Å². The average Bonchev–Trinajstić information content (AvgIpc) is 3.20. The van der Waals surface area contributed by atoms with E-state index in [0.29, 0.717) is 11.3 Å². The van der Waals surface area contributed by atoms with Crippen molar-refractivity contribution in [2.75, 3.05) is 0 Å². The largest absolute Gasteiger partial charge is 0.347 e. The number of nitrogens with zero attached hydrogens (tertiary/aromatic N) is 5. The fraction of sp³-hybridized carbons (Fsp3) is 0.133. The molecule has 0 radical (unpaired) electrons. The smallest absolute Gasteiger partial charge is 0.270 e. The Morgan fingerprint density at radius 3 is 2.41 bits per heavy atom. The number of hydrogen-bond donors (Lipinski definition) is 3. The quantitative estimate of drug-likeness (QED) is 0.439. The first kappa shape index (κ1) is 18.1. The van der Waals surface area contributed by atoms with Gasteiger partial charge in [0.15, 0.2) is 5.82 Å². The summed E-state index contributed by atoms with van der Waals surface area (Å²) in [6.07, 6.45) is 1.13. The van der Waals surface area contributed by atoms with E-state index in [9.17, 15) is 14.0 Å². The van der Waals surface area contributed by atoms with Gasteiger partial charge in [0.2, 0.25) is 0 Å². The first-order valence-electron chi connectivity index (χ1n) is 7.88. The van der Waals surface area contributed by atoms with E-state index in [1.807, 2.05) is 0 Å². The third kappa shape index (κ3) is 4.68. The molecule has 136 valence electrons. The van der Waals surface area contributed by atoms with Crippen molar-refractivity contribution in [3.05, 3.63) is 59.2 Å². The number of carbonyl (C=O) groups excluding carboxylic acids is 2. The predicted octanol–water partition coefficient (Wildman–Crippen LogP) is -1.75. The molecule has 0 saturated heterocycles. The Balaban J connectivity index is 1.60. The van der Waals surface area contributed by atoms with Gasteiger partial charge in [0.25, 0.3) is 11.8 Å². The van der Waals surface area contributed by atoms with Crippen molar-refractivity contribution in [3.63, 3.8) is 0 Å². The number of hydrogen-bond acceptors (Lipinski definition) is 7. The van der Waals surface area contributed by atoms with Gasteiger partial charge in [-0.2, -0.15) is 5.21 Å². The Hall–Kier alpha value is -3.70. The number of aromatic nitrogens is 6. The van der Waals surface area contributed by atoms with Crippen LogP contribution in [0.3, 0.4) is 0 Å². The van der Waals surface area contributed by atoms with Gasteiger partial charge in [-0.05, 0) is 11.6 Å². The first-order chi connectivity index (χ1) is 13.0. The molecule has 0 unspecified atom stereocenters. The van der Waals surface area contributed by atoms with Crippen LogP contribution in [0, 0.1) is 5.82 Å². The SMILES string of the molecule is Bc1cc(CNC(=O)c2cc(C(=O)NCc3nn[nH]n3)ncn2)ccc1F. The molecule has 0 saturated carbocycles. The van der Waals surface area contributed by atoms with Crippen molar-refractivity contribution in [1.29, 1.82) is 0 Å². The van der Waals surface area contributed by atoms with Crippen molar-refractivity contribution < 1.29 is 14.0 Å². The van der Waals surface area contributed by atoms with Crippen molar-refractivity contribution in [2.24, 2.45) is 0 Å². The van der Waals surface area contributed by atoms with Crippen molar-refractivity contribution in [2.45, 2.75) is 13.1 Å². The summed E-state index contributed by atoms with van der Waals surface area (Å²) in [4.78, 5) is 32.1. The molecule has 0 bridgehead atoms. The van der Waals surface area contributed by atoms with Gasteiger partial charge in [-0.3, -0.25) is 9.59 Å². The van der Waals surface area contributed by atoms with Gasteiger partial charge in [-0.1, -0.05) is 22.8 Å². The van der Waals surface area contributed by atoms with Gasteiger partial charge in [-0.15, -0.1) is 10.2 Å². The zero-order chi connectivity index (χ0) is 19.2. The summed E-state index contributed by atoms with van der Waals surface area (Å²) in [6.45, 7) is 0.258. The van der Waals surface area contributed by atoms with Crippen molar-refractivity contribution in [1.82, 2.24) is 41.2 Å². The molecule has 27 heavy (non-hydrogen) atoms. The van der Waals surface area contributed by atoms with E-state index < -0.39 is 11.8 Å². The zero-order valence-electron chi connectivity index (χ0n) is 14.2. The second kappa shape index (κ2) is 8.12. The normalized spacial score (nSPS) is 10.4. The fourth-order valence-corrected chi connectivity index (χ4v) is 2.20. The average molecular weight is 368 g/mol. The second-order valence-electron chi connectivity index (χ2n) is 5.57. The molecule has 12 heteroatoms. The van der Waals surface area contributed by atoms with Crippen LogP contribution in [0.4, 0.5) is 4.39 Å². The number of H-pyrrole nitrogens is 1. The molecule has 2 heterocycles. The van der Waals surface area contributed by atoms with E-state index in [2.05, 4.69) is 41.2 Å². The highest BCUT2D eigenvalue weighted by atomic mass is 19.1. The minimum Gasteiger partial charge on any atom is -0.347 e. The van der Waals surface area contributed by atoms with Crippen LogP contribution in [-0.4, -0.2) is 50.3 Å². The van der Waals surface area contributed by atoms with Gasteiger partial charge in [0, 0.05) is 12.6 Å². The summed E-state index contributed by atoms with van der Waals surface area (Å²) in [5.41, 5.74) is 1.29. The topological polar surface area (TPSA) is 138 Å². The molecule has 2 amide bonds. The molecule has 0 atom stereocenters. The van der Waals surface area contributed by atoms with Crippen LogP contribution in [0.15, 0.2) is 30.6 Å². The summed E-state index contributed by atoms with van der Waals surface area (Å²) >= 11 is 0. The van der Waals surface area contributed by atoms with Gasteiger partial charge < -0.3 is 10.6 Å². The molecule has 2 aromatic heterocycles. The van der Waals surface area contributed by atoms with Gasteiger partial charge in [0.05, 0.1) is 6.54 Å². The Bertz CT molecular complexity index is 966. The lowest BCUT2D eigenvalue weighted by Gasteiger charge is -2.07. The maximum Gasteiger partial charge on any atom is 0.270 e. The third-order valence-electron chi connectivity index (χ3n) is 3.60. The molecule has 0 spiro atoms. The Labute approximate surface area is 153 Å². The molecular weight excluding hydrogens is 354 g/mol. The second-order valence-corrected chi connectivity index (χ2v) is 5.57. The van der Waals surface area contributed by atoms with Crippen LogP contribution in [0.25, 0.3) is 0 Å². The molecule has 3 aromatic rings. The minimum atomic E-state index is -0.509. The molecular formula is C15H14BFN8O2. The van der Waals surface area contributed by atoms with E-state index in [1.165, 1.54) is 12.1 Å². The van der Waals surface area contributed by atoms with E-state index in [0.717, 1.165) is 11.9 Å². The highest BCUT2D eigenvalue weighted by Gasteiger charge is 2.14. The lowest BCUT2D eigenvalue weighted by atomic mass is 9.93. The van der Waals surface area contributed by atoms with Crippen molar-refractivity contribution in [3.8, 4) is 0 Å². The van der Waals surface area contributed by atoms with E-state index in [1.54, 1.807) is 20.0 Å². The monoisotopic (exact) mass is 368 g/mol. The number of nitrogens with one attached hydrogen (secondary N) is 3. The molecule has 3 N–H and O–H groups in total. The Morgan fingerprint density at radius 1 is 1.07 bits per heavy atom. The van der Waals surface area contributed by atoms with Gasteiger partial charge >= 0.3 is 0 Å². The highest BCUT2D eigenvalue weighted by molar-refractivity contribution is 6.32. The maximum absolute atomic E-state index is 13.3. The van der Waals surface area contributed by atoms with Crippen LogP contribution in [0.1, 0.15) is 32.4 Å². The van der Waals surface area contributed by atoms with E-state index in [4.69, 9.17) is 0 Å². The van der Waals surface area contributed by atoms with E-state index in [-0.39, 0.29) is 30.3 Å². The summed E-state index contributed by atoms with van der Waals surface area (Å²) in [7, 11) is 1.64.